The predicted molar refractivity (Wildman–Crippen MR) is 96.7 cm³/mol. The zero-order valence-electron chi connectivity index (χ0n) is 14.8. The molecule has 0 aliphatic carbocycles. The Morgan fingerprint density at radius 2 is 0.826 bits per heavy atom. The average Bonchev–Trinajstić information content (AvgIpc) is 2.58. The first-order valence-corrected chi connectivity index (χ1v) is 9.32. The zero-order valence-corrected chi connectivity index (χ0v) is 14.8. The van der Waals surface area contributed by atoms with Crippen LogP contribution in [0, 0.1) is 0 Å². The van der Waals surface area contributed by atoms with Gasteiger partial charge in [-0.2, -0.15) is 0 Å². The van der Waals surface area contributed by atoms with Crippen molar-refractivity contribution in [1.29, 1.82) is 0 Å². The maximum Gasteiger partial charge on any atom is 0.0110 e. The highest BCUT2D eigenvalue weighted by molar-refractivity contribution is 4.74. The van der Waals surface area contributed by atoms with E-state index >= 15 is 0 Å². The van der Waals surface area contributed by atoms with Crippen LogP contribution in [0.1, 0.15) is 0 Å². The molecule has 2 heterocycles. The molecule has 2 rings (SSSR count). The van der Waals surface area contributed by atoms with E-state index in [1.54, 1.807) is 0 Å². The van der Waals surface area contributed by atoms with Crippen LogP contribution in [-0.4, -0.2) is 124 Å². The fourth-order valence-corrected chi connectivity index (χ4v) is 3.44. The quantitative estimate of drug-likeness (QED) is 0.391. The first-order valence-electron chi connectivity index (χ1n) is 9.32. The van der Waals surface area contributed by atoms with Crippen LogP contribution in [0.15, 0.2) is 0 Å². The SMILES string of the molecule is NCCN1CCN(CCNCCN2CCN(CCN)CC2)CC1. The van der Waals surface area contributed by atoms with Crippen molar-refractivity contribution in [2.24, 2.45) is 11.5 Å². The molecule has 0 atom stereocenters. The van der Waals surface area contributed by atoms with Crippen LogP contribution in [-0.2, 0) is 0 Å². The second kappa shape index (κ2) is 11.3. The summed E-state index contributed by atoms with van der Waals surface area (Å²) in [6.45, 7) is 17.6. The average molecular weight is 328 g/mol. The van der Waals surface area contributed by atoms with Gasteiger partial charge in [0.25, 0.3) is 0 Å². The van der Waals surface area contributed by atoms with Gasteiger partial charge < -0.3 is 16.8 Å². The fraction of sp³-hybridized carbons (Fsp3) is 1.00. The summed E-state index contributed by atoms with van der Waals surface area (Å²) in [5.74, 6) is 0. The molecule has 0 aromatic carbocycles. The summed E-state index contributed by atoms with van der Waals surface area (Å²) in [6.07, 6.45) is 0. The van der Waals surface area contributed by atoms with Crippen molar-refractivity contribution < 1.29 is 0 Å². The minimum Gasteiger partial charge on any atom is -0.329 e. The van der Waals surface area contributed by atoms with Gasteiger partial charge in [0, 0.05) is 105 Å². The molecule has 7 heteroatoms. The molecule has 0 aromatic heterocycles. The van der Waals surface area contributed by atoms with E-state index in [0.29, 0.717) is 0 Å². The molecule has 0 spiro atoms. The largest absolute Gasteiger partial charge is 0.329 e. The van der Waals surface area contributed by atoms with Gasteiger partial charge in [-0.25, -0.2) is 0 Å². The van der Waals surface area contributed by atoms with Gasteiger partial charge in [-0.1, -0.05) is 0 Å². The van der Waals surface area contributed by atoms with E-state index in [9.17, 15) is 0 Å². The molecule has 2 saturated heterocycles. The molecule has 0 radical (unpaired) electrons. The van der Waals surface area contributed by atoms with Crippen LogP contribution in [0.5, 0.6) is 0 Å². The predicted octanol–water partition coefficient (Wildman–Crippen LogP) is -2.27. The smallest absolute Gasteiger partial charge is 0.0110 e. The van der Waals surface area contributed by atoms with Crippen LogP contribution in [0.25, 0.3) is 0 Å². The van der Waals surface area contributed by atoms with E-state index in [2.05, 4.69) is 24.9 Å². The van der Waals surface area contributed by atoms with Crippen LogP contribution >= 0.6 is 0 Å². The molecule has 0 amide bonds. The van der Waals surface area contributed by atoms with E-state index in [-0.39, 0.29) is 0 Å². The molecule has 2 fully saturated rings. The Bertz CT molecular complexity index is 258. The summed E-state index contributed by atoms with van der Waals surface area (Å²) in [5, 5.41) is 3.60. The van der Waals surface area contributed by atoms with Gasteiger partial charge in [0.15, 0.2) is 0 Å². The third kappa shape index (κ3) is 7.43. The monoisotopic (exact) mass is 327 g/mol. The maximum atomic E-state index is 5.61. The summed E-state index contributed by atoms with van der Waals surface area (Å²) >= 11 is 0. The second-order valence-electron chi connectivity index (χ2n) is 6.69. The van der Waals surface area contributed by atoms with E-state index in [0.717, 1.165) is 39.3 Å². The summed E-state index contributed by atoms with van der Waals surface area (Å²) < 4.78 is 0. The molecular weight excluding hydrogens is 290 g/mol. The molecular formula is C16H37N7. The maximum absolute atomic E-state index is 5.61. The molecule has 0 saturated carbocycles. The van der Waals surface area contributed by atoms with Gasteiger partial charge in [0.2, 0.25) is 0 Å². The van der Waals surface area contributed by atoms with E-state index in [1.807, 2.05) is 0 Å². The van der Waals surface area contributed by atoms with E-state index in [4.69, 9.17) is 11.5 Å². The third-order valence-corrected chi connectivity index (χ3v) is 5.03. The molecule has 0 unspecified atom stereocenters. The Labute approximate surface area is 141 Å². The topological polar surface area (TPSA) is 77.0 Å². The molecule has 7 nitrogen and oxygen atoms in total. The summed E-state index contributed by atoms with van der Waals surface area (Å²) in [4.78, 5) is 10.1. The van der Waals surface area contributed by atoms with Gasteiger partial charge in [-0.15, -0.1) is 0 Å². The third-order valence-electron chi connectivity index (χ3n) is 5.03. The van der Waals surface area contributed by atoms with Crippen LogP contribution < -0.4 is 16.8 Å². The van der Waals surface area contributed by atoms with Crippen molar-refractivity contribution in [2.75, 3.05) is 105 Å². The number of nitrogens with one attached hydrogen (secondary N) is 1. The number of hydrogen-bond acceptors (Lipinski definition) is 7. The van der Waals surface area contributed by atoms with Crippen molar-refractivity contribution >= 4 is 0 Å². The summed E-state index contributed by atoms with van der Waals surface area (Å²) in [7, 11) is 0. The highest BCUT2D eigenvalue weighted by Crippen LogP contribution is 2.01. The summed E-state index contributed by atoms with van der Waals surface area (Å²) in [6, 6.07) is 0. The fourth-order valence-electron chi connectivity index (χ4n) is 3.44. The highest BCUT2D eigenvalue weighted by atomic mass is 15.3. The first kappa shape index (κ1) is 19.1. The minimum atomic E-state index is 0.780. The van der Waals surface area contributed by atoms with Gasteiger partial charge in [0.05, 0.1) is 0 Å². The Morgan fingerprint density at radius 1 is 0.522 bits per heavy atom. The molecule has 5 N–H and O–H groups in total. The van der Waals surface area contributed by atoms with Crippen molar-refractivity contribution in [3.05, 3.63) is 0 Å². The standard InChI is InChI=1S/C16H37N7/c17-1-5-20-9-13-22(14-10-20)7-3-19-4-8-23-15-11-21(6-2-18)12-16-23/h19H,1-18H2. The lowest BCUT2D eigenvalue weighted by Crippen LogP contribution is -2.50. The Balaban J connectivity index is 1.43. The number of rotatable bonds is 10. The van der Waals surface area contributed by atoms with Gasteiger partial charge in [-0.05, 0) is 0 Å². The molecule has 0 aromatic rings. The minimum absolute atomic E-state index is 0.780. The van der Waals surface area contributed by atoms with Crippen LogP contribution in [0.3, 0.4) is 0 Å². The normalized spacial score (nSPS) is 22.7. The lowest BCUT2D eigenvalue weighted by Gasteiger charge is -2.35. The molecule has 2 aliphatic heterocycles. The van der Waals surface area contributed by atoms with Gasteiger partial charge >= 0.3 is 0 Å². The molecule has 2 aliphatic rings. The first-order chi connectivity index (χ1) is 11.3. The Hall–Kier alpha value is -0.280. The van der Waals surface area contributed by atoms with E-state index < -0.39 is 0 Å². The highest BCUT2D eigenvalue weighted by Gasteiger charge is 2.16. The van der Waals surface area contributed by atoms with Crippen LogP contribution in [0.4, 0.5) is 0 Å². The molecule has 0 bridgehead atoms. The summed E-state index contributed by atoms with van der Waals surface area (Å²) in [5.41, 5.74) is 11.2. The Morgan fingerprint density at radius 3 is 1.13 bits per heavy atom. The second-order valence-corrected chi connectivity index (χ2v) is 6.69. The van der Waals surface area contributed by atoms with Crippen molar-refractivity contribution in [3.8, 4) is 0 Å². The lowest BCUT2D eigenvalue weighted by atomic mass is 10.3. The zero-order chi connectivity index (χ0) is 16.3. The number of nitrogens with zero attached hydrogens (tertiary/aromatic N) is 4. The lowest BCUT2D eigenvalue weighted by molar-refractivity contribution is 0.130. The van der Waals surface area contributed by atoms with Crippen molar-refractivity contribution in [2.45, 2.75) is 0 Å². The van der Waals surface area contributed by atoms with Gasteiger partial charge in [-0.3, -0.25) is 19.6 Å². The number of piperazine rings is 2. The number of hydrogen-bond donors (Lipinski definition) is 3. The number of nitrogens with two attached hydrogens (primary N) is 2. The van der Waals surface area contributed by atoms with Crippen molar-refractivity contribution in [3.63, 3.8) is 0 Å². The van der Waals surface area contributed by atoms with Crippen LogP contribution in [0.2, 0.25) is 0 Å². The molecule has 136 valence electrons. The van der Waals surface area contributed by atoms with Gasteiger partial charge in [0.1, 0.15) is 0 Å². The van der Waals surface area contributed by atoms with E-state index in [1.165, 1.54) is 65.4 Å². The molecule has 23 heavy (non-hydrogen) atoms. The van der Waals surface area contributed by atoms with Crippen molar-refractivity contribution in [1.82, 2.24) is 24.9 Å². The Kier molecular flexibility index (Phi) is 9.36.